The average Bonchev–Trinajstić information content (AvgIpc) is 3.46. The number of halogens is 1. The van der Waals surface area contributed by atoms with Crippen LogP contribution in [0.1, 0.15) is 76.2 Å². The van der Waals surface area contributed by atoms with Crippen LogP contribution in [0.2, 0.25) is 0 Å². The van der Waals surface area contributed by atoms with Gasteiger partial charge in [-0.25, -0.2) is 14.1 Å². The number of rotatable bonds is 13. The van der Waals surface area contributed by atoms with Crippen molar-refractivity contribution in [2.24, 2.45) is 0 Å². The number of hydrogen-bond acceptors (Lipinski definition) is 8. The summed E-state index contributed by atoms with van der Waals surface area (Å²) in [4.78, 5) is 34.3. The van der Waals surface area contributed by atoms with Crippen molar-refractivity contribution >= 4 is 28.5 Å². The first-order valence-corrected chi connectivity index (χ1v) is 19.6. The lowest BCUT2D eigenvalue weighted by Crippen LogP contribution is -2.30. The highest BCUT2D eigenvalue weighted by Crippen LogP contribution is 2.31. The van der Waals surface area contributed by atoms with Crippen LogP contribution in [0.15, 0.2) is 72.9 Å². The first-order valence-electron chi connectivity index (χ1n) is 19.6. The lowest BCUT2D eigenvalue weighted by molar-refractivity contribution is 0.0904. The van der Waals surface area contributed by atoms with Gasteiger partial charge in [0.25, 0.3) is 11.8 Å². The highest BCUT2D eigenvalue weighted by molar-refractivity contribution is 6.00. The van der Waals surface area contributed by atoms with Gasteiger partial charge in [-0.05, 0) is 98.8 Å². The van der Waals surface area contributed by atoms with Gasteiger partial charge in [-0.1, -0.05) is 37.3 Å². The van der Waals surface area contributed by atoms with E-state index < -0.39 is 0 Å². The molecule has 11 nitrogen and oxygen atoms in total. The van der Waals surface area contributed by atoms with Crippen LogP contribution in [-0.4, -0.2) is 76.9 Å². The zero-order valence-corrected chi connectivity index (χ0v) is 31.8. The number of benzene rings is 3. The fourth-order valence-corrected chi connectivity index (χ4v) is 7.52. The number of aromatic nitrogens is 3. The maximum atomic E-state index is 15.2. The summed E-state index contributed by atoms with van der Waals surface area (Å²) in [5, 5.41) is 18.7. The Morgan fingerprint density at radius 2 is 1.69 bits per heavy atom. The van der Waals surface area contributed by atoms with Crippen molar-refractivity contribution in [3.05, 3.63) is 112 Å². The second-order valence-electron chi connectivity index (χ2n) is 14.3. The minimum absolute atomic E-state index is 0.204. The van der Waals surface area contributed by atoms with Crippen molar-refractivity contribution in [1.82, 2.24) is 35.6 Å². The number of pyridine rings is 1. The smallest absolute Gasteiger partial charge is 0.251 e. The summed E-state index contributed by atoms with van der Waals surface area (Å²) in [6.45, 7) is 11.5. The number of fused-ring (bicyclic) bond motifs is 1. The molecular formula is C43H51FN8O3. The molecule has 0 unspecified atom stereocenters. The number of ether oxygens (including phenoxy) is 1. The number of aryl methyl sites for hydroxylation is 2. The third-order valence-corrected chi connectivity index (χ3v) is 10.5. The van der Waals surface area contributed by atoms with Crippen molar-refractivity contribution in [3.63, 3.8) is 0 Å². The van der Waals surface area contributed by atoms with Gasteiger partial charge in [-0.15, -0.1) is 0 Å². The van der Waals surface area contributed by atoms with Gasteiger partial charge < -0.3 is 26.0 Å². The predicted octanol–water partition coefficient (Wildman–Crippen LogP) is 6.07. The molecule has 0 saturated carbocycles. The van der Waals surface area contributed by atoms with Crippen molar-refractivity contribution < 1.29 is 18.7 Å². The number of nitrogens with zero attached hydrogens (tertiary/aromatic N) is 4. The Kier molecular flexibility index (Phi) is 12.5. The quantitative estimate of drug-likeness (QED) is 0.115. The van der Waals surface area contributed by atoms with E-state index in [9.17, 15) is 9.59 Å². The summed E-state index contributed by atoms with van der Waals surface area (Å²) in [5.74, 6) is -0.932. The molecular weight excluding hydrogens is 696 g/mol. The number of hydrogen-bond donors (Lipinski definition) is 4. The Morgan fingerprint density at radius 1 is 0.909 bits per heavy atom. The SMILES string of the molecule is CCc1nc2c(cnn2CC)c(NC2CCOCC2)c1CNC(=O)c1cccc(C(=O)NCc2ccc(F)c(-c3cccc(CN4CCCNCC4)c3)c2)c1. The van der Waals surface area contributed by atoms with E-state index in [2.05, 4.69) is 50.3 Å². The third-order valence-electron chi connectivity index (χ3n) is 10.5. The van der Waals surface area contributed by atoms with Crippen LogP contribution in [0.5, 0.6) is 0 Å². The van der Waals surface area contributed by atoms with Crippen molar-refractivity contribution in [2.45, 2.75) is 71.8 Å². The van der Waals surface area contributed by atoms with Crippen LogP contribution < -0.4 is 21.3 Å². The molecule has 3 aromatic carbocycles. The Hall–Kier alpha value is -5.17. The average molecular weight is 747 g/mol. The normalized spacial score (nSPS) is 15.5. The summed E-state index contributed by atoms with van der Waals surface area (Å²) in [6.07, 6.45) is 5.42. The van der Waals surface area contributed by atoms with E-state index in [1.807, 2.05) is 29.9 Å². The van der Waals surface area contributed by atoms with Crippen LogP contribution >= 0.6 is 0 Å². The van der Waals surface area contributed by atoms with E-state index in [-0.39, 0.29) is 36.8 Å². The van der Waals surface area contributed by atoms with E-state index in [1.54, 1.807) is 36.4 Å². The van der Waals surface area contributed by atoms with E-state index in [1.165, 1.54) is 6.07 Å². The van der Waals surface area contributed by atoms with Gasteiger partial charge in [0.15, 0.2) is 5.65 Å². The maximum absolute atomic E-state index is 15.2. The molecule has 4 N–H and O–H groups in total. The largest absolute Gasteiger partial charge is 0.381 e. The molecule has 288 valence electrons. The van der Waals surface area contributed by atoms with Gasteiger partial charge in [-0.2, -0.15) is 5.10 Å². The lowest BCUT2D eigenvalue weighted by atomic mass is 10.00. The molecule has 55 heavy (non-hydrogen) atoms. The standard InChI is InChI=1S/C43H51FN8O3/c1-3-39-36(40(49-34-14-20-55-21-15-34)37-27-48-52(4-2)41(37)50-39)26-47-43(54)33-11-6-10-32(24-33)42(53)46-25-29-12-13-38(44)35(23-29)31-9-5-8-30(22-31)28-51-18-7-16-45-17-19-51/h5-6,8-13,22-24,27,34,45H,3-4,7,14-21,25-26,28H2,1-2H3,(H,46,53)(H,47,54)(H,49,50). The summed E-state index contributed by atoms with van der Waals surface area (Å²) >= 11 is 0. The molecule has 0 aliphatic carbocycles. The molecule has 7 rings (SSSR count). The van der Waals surface area contributed by atoms with Gasteiger partial charge >= 0.3 is 0 Å². The predicted molar refractivity (Wildman–Crippen MR) is 213 cm³/mol. The van der Waals surface area contributed by atoms with Crippen LogP contribution in [0.25, 0.3) is 22.2 Å². The molecule has 2 fully saturated rings. The Morgan fingerprint density at radius 3 is 2.47 bits per heavy atom. The second-order valence-corrected chi connectivity index (χ2v) is 14.3. The molecule has 5 aromatic rings. The minimum Gasteiger partial charge on any atom is -0.381 e. The molecule has 2 aromatic heterocycles. The van der Waals surface area contributed by atoms with Crippen LogP contribution in [0.3, 0.4) is 0 Å². The summed E-state index contributed by atoms with van der Waals surface area (Å²) in [5.41, 5.74) is 7.54. The molecule has 0 radical (unpaired) electrons. The minimum atomic E-state index is -0.326. The van der Waals surface area contributed by atoms with E-state index in [0.29, 0.717) is 42.9 Å². The van der Waals surface area contributed by atoms with Crippen molar-refractivity contribution in [1.29, 1.82) is 0 Å². The highest BCUT2D eigenvalue weighted by Gasteiger charge is 2.22. The van der Waals surface area contributed by atoms with Gasteiger partial charge in [0.2, 0.25) is 0 Å². The molecule has 2 saturated heterocycles. The van der Waals surface area contributed by atoms with Crippen molar-refractivity contribution in [3.8, 4) is 11.1 Å². The molecule has 2 amide bonds. The monoisotopic (exact) mass is 746 g/mol. The maximum Gasteiger partial charge on any atom is 0.251 e. The molecule has 0 spiro atoms. The van der Waals surface area contributed by atoms with Crippen LogP contribution in [0.4, 0.5) is 10.1 Å². The zero-order valence-electron chi connectivity index (χ0n) is 31.8. The van der Waals surface area contributed by atoms with Crippen LogP contribution in [0, 0.1) is 5.82 Å². The van der Waals surface area contributed by atoms with Gasteiger partial charge in [-0.3, -0.25) is 14.5 Å². The molecule has 2 aliphatic rings. The summed E-state index contributed by atoms with van der Waals surface area (Å²) < 4.78 is 22.6. The van der Waals surface area contributed by atoms with E-state index in [0.717, 1.165) is 96.7 Å². The topological polar surface area (TPSA) is 125 Å². The Balaban J connectivity index is 1.02. The van der Waals surface area contributed by atoms with Crippen LogP contribution in [-0.2, 0) is 37.3 Å². The molecule has 0 bridgehead atoms. The molecule has 2 aliphatic heterocycles. The fourth-order valence-electron chi connectivity index (χ4n) is 7.52. The number of carbonyl (C=O) groups excluding carboxylic acids is 2. The Labute approximate surface area is 322 Å². The number of nitrogens with one attached hydrogen (secondary N) is 4. The number of carbonyl (C=O) groups is 2. The molecule has 0 atom stereocenters. The molecule has 4 heterocycles. The number of amides is 2. The third kappa shape index (κ3) is 9.21. The first-order chi connectivity index (χ1) is 26.9. The van der Waals surface area contributed by atoms with Crippen molar-refractivity contribution in [2.75, 3.05) is 44.7 Å². The molecule has 12 heteroatoms. The zero-order chi connectivity index (χ0) is 38.1. The van der Waals surface area contributed by atoms with Gasteiger partial charge in [0.05, 0.1) is 17.3 Å². The summed E-state index contributed by atoms with van der Waals surface area (Å²) in [7, 11) is 0. The fraction of sp³-hybridized carbons (Fsp3) is 0.395. The first kappa shape index (κ1) is 38.1. The van der Waals surface area contributed by atoms with Gasteiger partial charge in [0.1, 0.15) is 5.82 Å². The lowest BCUT2D eigenvalue weighted by Gasteiger charge is -2.26. The summed E-state index contributed by atoms with van der Waals surface area (Å²) in [6, 6.07) is 19.9. The number of anilines is 1. The van der Waals surface area contributed by atoms with E-state index in [4.69, 9.17) is 9.72 Å². The Bertz CT molecular complexity index is 2120. The van der Waals surface area contributed by atoms with E-state index >= 15 is 4.39 Å². The highest BCUT2D eigenvalue weighted by atomic mass is 19.1. The second kappa shape index (κ2) is 18.0. The van der Waals surface area contributed by atoms with Gasteiger partial charge in [0, 0.05) is 86.5 Å².